The highest BCUT2D eigenvalue weighted by Gasteiger charge is 2.08. The number of hydrogen-bond acceptors (Lipinski definition) is 1. The predicted octanol–water partition coefficient (Wildman–Crippen LogP) is 2.45. The van der Waals surface area contributed by atoms with E-state index in [1.165, 1.54) is 11.1 Å². The highest BCUT2D eigenvalue weighted by molar-refractivity contribution is 5.80. The molecular formula is C13H13NO. The summed E-state index contributed by atoms with van der Waals surface area (Å²) in [6.07, 6.45) is 5.88. The Labute approximate surface area is 89.5 Å². The first kappa shape index (κ1) is 9.71. The molecule has 0 saturated heterocycles. The lowest BCUT2D eigenvalue weighted by molar-refractivity contribution is -0.125. The van der Waals surface area contributed by atoms with Crippen LogP contribution in [-0.2, 0) is 4.79 Å². The van der Waals surface area contributed by atoms with Crippen molar-refractivity contribution >= 4 is 11.5 Å². The van der Waals surface area contributed by atoms with Gasteiger partial charge in [0.05, 0.1) is 0 Å². The predicted molar refractivity (Wildman–Crippen MR) is 60.9 cm³/mol. The smallest absolute Gasteiger partial charge is 0.223 e. The number of benzene rings is 1. The molecule has 2 nitrogen and oxygen atoms in total. The molecule has 0 N–H and O–H groups in total. The molecule has 15 heavy (non-hydrogen) atoms. The van der Waals surface area contributed by atoms with Gasteiger partial charge in [-0.2, -0.15) is 0 Å². The third-order valence-corrected chi connectivity index (χ3v) is 2.45. The largest absolute Gasteiger partial charge is 0.315 e. The molecule has 0 saturated carbocycles. The summed E-state index contributed by atoms with van der Waals surface area (Å²) in [4.78, 5) is 12.8. The van der Waals surface area contributed by atoms with Crippen LogP contribution in [0.15, 0.2) is 48.7 Å². The summed E-state index contributed by atoms with van der Waals surface area (Å²) in [5.41, 5.74) is 2.37. The minimum absolute atomic E-state index is 0.0783. The minimum Gasteiger partial charge on any atom is -0.315 e. The monoisotopic (exact) mass is 199 g/mol. The van der Waals surface area contributed by atoms with E-state index >= 15 is 0 Å². The van der Waals surface area contributed by atoms with Crippen LogP contribution in [0.1, 0.15) is 12.5 Å². The molecule has 0 unspecified atom stereocenters. The number of rotatable bonds is 1. The van der Waals surface area contributed by atoms with E-state index in [4.69, 9.17) is 0 Å². The fourth-order valence-corrected chi connectivity index (χ4v) is 1.57. The zero-order valence-corrected chi connectivity index (χ0v) is 8.68. The van der Waals surface area contributed by atoms with Crippen molar-refractivity contribution in [3.63, 3.8) is 0 Å². The van der Waals surface area contributed by atoms with Crippen molar-refractivity contribution in [1.29, 1.82) is 0 Å². The molecule has 1 aromatic carbocycles. The van der Waals surface area contributed by atoms with Gasteiger partial charge in [0, 0.05) is 19.7 Å². The lowest BCUT2D eigenvalue weighted by atomic mass is 10.0. The van der Waals surface area contributed by atoms with Gasteiger partial charge in [-0.1, -0.05) is 36.4 Å². The summed E-state index contributed by atoms with van der Waals surface area (Å²) in [6, 6.07) is 10.2. The van der Waals surface area contributed by atoms with Gasteiger partial charge in [-0.15, -0.1) is 0 Å². The molecule has 1 aliphatic heterocycles. The summed E-state index contributed by atoms with van der Waals surface area (Å²) < 4.78 is 0. The number of hydrogen-bond donors (Lipinski definition) is 0. The van der Waals surface area contributed by atoms with Crippen LogP contribution in [0.4, 0.5) is 0 Å². The lowest BCUT2D eigenvalue weighted by Gasteiger charge is -2.19. The Hall–Kier alpha value is -1.83. The first-order valence-electron chi connectivity index (χ1n) is 4.98. The Kier molecular flexibility index (Phi) is 2.68. The molecule has 2 rings (SSSR count). The molecule has 1 aliphatic rings. The van der Waals surface area contributed by atoms with Crippen LogP contribution >= 0.6 is 0 Å². The zero-order chi connectivity index (χ0) is 10.7. The number of nitrogens with zero attached hydrogens (tertiary/aromatic N) is 1. The van der Waals surface area contributed by atoms with Crippen molar-refractivity contribution in [3.05, 3.63) is 54.2 Å². The minimum atomic E-state index is 0.0783. The quantitative estimate of drug-likeness (QED) is 0.680. The van der Waals surface area contributed by atoms with Crippen molar-refractivity contribution in [3.8, 4) is 0 Å². The molecule has 1 amide bonds. The Balaban J connectivity index is 2.17. The highest BCUT2D eigenvalue weighted by atomic mass is 16.2. The fraction of sp³-hybridized carbons (Fsp3) is 0.154. The van der Waals surface area contributed by atoms with Crippen molar-refractivity contribution in [2.75, 3.05) is 6.54 Å². The van der Waals surface area contributed by atoms with Gasteiger partial charge < -0.3 is 4.90 Å². The molecule has 0 bridgehead atoms. The standard InChI is InChI=1S/C13H13NO/c1-11(15)14-9-7-13(8-10-14)12-5-3-2-4-6-12/h2-9H,10H2,1H3. The second kappa shape index (κ2) is 4.13. The molecule has 0 spiro atoms. The molecule has 0 atom stereocenters. The van der Waals surface area contributed by atoms with E-state index in [2.05, 4.69) is 18.2 Å². The number of carbonyl (C=O) groups is 1. The summed E-state index contributed by atoms with van der Waals surface area (Å²) in [6.45, 7) is 2.24. The molecule has 76 valence electrons. The second-order valence-corrected chi connectivity index (χ2v) is 3.51. The van der Waals surface area contributed by atoms with Gasteiger partial charge in [0.15, 0.2) is 0 Å². The van der Waals surface area contributed by atoms with Crippen LogP contribution in [0.5, 0.6) is 0 Å². The van der Waals surface area contributed by atoms with Gasteiger partial charge in [-0.3, -0.25) is 4.79 Å². The van der Waals surface area contributed by atoms with E-state index in [1.807, 2.05) is 30.5 Å². The lowest BCUT2D eigenvalue weighted by Crippen LogP contribution is -2.24. The summed E-state index contributed by atoms with van der Waals surface area (Å²) in [5, 5.41) is 0. The number of allylic oxidation sites excluding steroid dienone is 2. The van der Waals surface area contributed by atoms with Crippen LogP contribution in [-0.4, -0.2) is 17.4 Å². The Morgan fingerprint density at radius 3 is 2.53 bits per heavy atom. The van der Waals surface area contributed by atoms with Gasteiger partial charge in [-0.05, 0) is 17.2 Å². The molecular weight excluding hydrogens is 186 g/mol. The number of amides is 1. The van der Waals surface area contributed by atoms with Crippen LogP contribution < -0.4 is 0 Å². The Morgan fingerprint density at radius 1 is 1.27 bits per heavy atom. The number of carbonyl (C=O) groups excluding carboxylic acids is 1. The molecule has 1 heterocycles. The first-order valence-corrected chi connectivity index (χ1v) is 4.98. The molecule has 0 fully saturated rings. The average Bonchev–Trinajstić information content (AvgIpc) is 2.30. The SMILES string of the molecule is CC(=O)N1C=CC(c2ccccc2)=CC1. The van der Waals surface area contributed by atoms with Gasteiger partial charge in [0.25, 0.3) is 0 Å². The molecule has 2 heteroatoms. The Morgan fingerprint density at radius 2 is 2.00 bits per heavy atom. The Bertz CT molecular complexity index is 417. The van der Waals surface area contributed by atoms with Crippen LogP contribution in [0.3, 0.4) is 0 Å². The van der Waals surface area contributed by atoms with Crippen molar-refractivity contribution in [1.82, 2.24) is 4.90 Å². The average molecular weight is 199 g/mol. The van der Waals surface area contributed by atoms with E-state index in [9.17, 15) is 4.79 Å². The van der Waals surface area contributed by atoms with E-state index < -0.39 is 0 Å². The fourth-order valence-electron chi connectivity index (χ4n) is 1.57. The normalized spacial score (nSPS) is 15.0. The van der Waals surface area contributed by atoms with Gasteiger partial charge in [-0.25, -0.2) is 0 Å². The maximum absolute atomic E-state index is 11.1. The van der Waals surface area contributed by atoms with Crippen molar-refractivity contribution in [2.45, 2.75) is 6.92 Å². The van der Waals surface area contributed by atoms with Crippen molar-refractivity contribution < 1.29 is 4.79 Å². The third kappa shape index (κ3) is 2.15. The molecule has 0 radical (unpaired) electrons. The first-order chi connectivity index (χ1) is 7.27. The van der Waals surface area contributed by atoms with Crippen LogP contribution in [0, 0.1) is 0 Å². The van der Waals surface area contributed by atoms with Gasteiger partial charge in [0.2, 0.25) is 5.91 Å². The maximum Gasteiger partial charge on any atom is 0.223 e. The summed E-state index contributed by atoms with van der Waals surface area (Å²) >= 11 is 0. The molecule has 0 aliphatic carbocycles. The van der Waals surface area contributed by atoms with Gasteiger partial charge in [0.1, 0.15) is 0 Å². The molecule has 1 aromatic rings. The molecule has 0 aromatic heterocycles. The van der Waals surface area contributed by atoms with Gasteiger partial charge >= 0.3 is 0 Å². The van der Waals surface area contributed by atoms with Crippen LogP contribution in [0.25, 0.3) is 5.57 Å². The zero-order valence-electron chi connectivity index (χ0n) is 8.68. The van der Waals surface area contributed by atoms with E-state index in [0.29, 0.717) is 6.54 Å². The van der Waals surface area contributed by atoms with Crippen LogP contribution in [0.2, 0.25) is 0 Å². The van der Waals surface area contributed by atoms with Crippen molar-refractivity contribution in [2.24, 2.45) is 0 Å². The second-order valence-electron chi connectivity index (χ2n) is 3.51. The van der Waals surface area contributed by atoms with E-state index in [1.54, 1.807) is 11.8 Å². The topological polar surface area (TPSA) is 20.3 Å². The summed E-state index contributed by atoms with van der Waals surface area (Å²) in [7, 11) is 0. The third-order valence-electron chi connectivity index (χ3n) is 2.45. The van der Waals surface area contributed by atoms with E-state index in [-0.39, 0.29) is 5.91 Å². The summed E-state index contributed by atoms with van der Waals surface area (Å²) in [5.74, 6) is 0.0783. The highest BCUT2D eigenvalue weighted by Crippen LogP contribution is 2.18. The van der Waals surface area contributed by atoms with E-state index in [0.717, 1.165) is 0 Å². The maximum atomic E-state index is 11.1.